The lowest BCUT2D eigenvalue weighted by atomic mass is 9.93. The summed E-state index contributed by atoms with van der Waals surface area (Å²) in [6, 6.07) is 0.668. The summed E-state index contributed by atoms with van der Waals surface area (Å²) < 4.78 is 2.21. The lowest BCUT2D eigenvalue weighted by Crippen LogP contribution is -2.40. The van der Waals surface area contributed by atoms with Gasteiger partial charge in [-0.1, -0.05) is 0 Å². The van der Waals surface area contributed by atoms with Gasteiger partial charge in [-0.3, -0.25) is 0 Å². The summed E-state index contributed by atoms with van der Waals surface area (Å²) in [6.07, 6.45) is 9.53. The van der Waals surface area contributed by atoms with Crippen LogP contribution in [0.25, 0.3) is 0 Å². The number of aromatic nitrogens is 2. The van der Waals surface area contributed by atoms with Gasteiger partial charge < -0.3 is 15.2 Å². The van der Waals surface area contributed by atoms with Crippen molar-refractivity contribution < 1.29 is 0 Å². The lowest BCUT2D eigenvalue weighted by Gasteiger charge is -2.35. The van der Waals surface area contributed by atoms with Gasteiger partial charge in [-0.25, -0.2) is 4.98 Å². The molecule has 4 heteroatoms. The minimum atomic E-state index is 0.151. The average molecular weight is 276 g/mol. The Balaban J connectivity index is 1.66. The number of rotatable bonds is 3. The van der Waals surface area contributed by atoms with Gasteiger partial charge in [0.25, 0.3) is 0 Å². The van der Waals surface area contributed by atoms with Crippen molar-refractivity contribution in [3.63, 3.8) is 0 Å². The van der Waals surface area contributed by atoms with E-state index in [1.54, 1.807) is 0 Å². The monoisotopic (exact) mass is 276 g/mol. The number of imidazole rings is 1. The number of fused-ring (bicyclic) bond motifs is 1. The molecule has 4 nitrogen and oxygen atoms in total. The van der Waals surface area contributed by atoms with Gasteiger partial charge in [0.2, 0.25) is 0 Å². The van der Waals surface area contributed by atoms with Crippen LogP contribution in [0.1, 0.15) is 57.2 Å². The van der Waals surface area contributed by atoms with E-state index in [1.165, 1.54) is 43.9 Å². The topological polar surface area (TPSA) is 47.1 Å². The Labute approximate surface area is 122 Å². The Bertz CT molecular complexity index is 451. The molecule has 1 saturated heterocycles. The largest absolute Gasteiger partial charge is 0.319 e. The van der Waals surface area contributed by atoms with Crippen LogP contribution in [0.4, 0.5) is 0 Å². The fourth-order valence-corrected chi connectivity index (χ4v) is 3.69. The van der Waals surface area contributed by atoms with Crippen LogP contribution in [0.5, 0.6) is 0 Å². The second-order valence-electron chi connectivity index (χ2n) is 6.82. The maximum absolute atomic E-state index is 6.17. The zero-order chi connectivity index (χ0) is 14.1. The molecule has 0 spiro atoms. The summed E-state index contributed by atoms with van der Waals surface area (Å²) in [4.78, 5) is 7.44. The molecule has 3 rings (SSSR count). The molecule has 0 aliphatic carbocycles. The van der Waals surface area contributed by atoms with Gasteiger partial charge in [-0.15, -0.1) is 0 Å². The number of piperidine rings is 1. The summed E-state index contributed by atoms with van der Waals surface area (Å²) in [7, 11) is 0. The number of aryl methyl sites for hydroxylation is 1. The SMILES string of the molecule is CC(C)N1CCCC(Cc2cn3c(n2)CCCC3N)C1. The Morgan fingerprint density at radius 3 is 2.95 bits per heavy atom. The summed E-state index contributed by atoms with van der Waals surface area (Å²) >= 11 is 0. The molecule has 1 aromatic rings. The van der Waals surface area contributed by atoms with Gasteiger partial charge in [0.1, 0.15) is 5.82 Å². The molecule has 2 atom stereocenters. The second kappa shape index (κ2) is 5.86. The van der Waals surface area contributed by atoms with Crippen molar-refractivity contribution in [3.05, 3.63) is 17.7 Å². The van der Waals surface area contributed by atoms with Gasteiger partial charge in [0, 0.05) is 25.2 Å². The van der Waals surface area contributed by atoms with Crippen LogP contribution in [-0.2, 0) is 12.8 Å². The maximum atomic E-state index is 6.17. The summed E-state index contributed by atoms with van der Waals surface area (Å²) in [5, 5.41) is 0. The van der Waals surface area contributed by atoms with E-state index < -0.39 is 0 Å². The van der Waals surface area contributed by atoms with Crippen molar-refractivity contribution in [1.29, 1.82) is 0 Å². The molecule has 0 bridgehead atoms. The minimum absolute atomic E-state index is 0.151. The van der Waals surface area contributed by atoms with Crippen molar-refractivity contribution >= 4 is 0 Å². The van der Waals surface area contributed by atoms with E-state index in [4.69, 9.17) is 10.7 Å². The number of hydrogen-bond donors (Lipinski definition) is 1. The Morgan fingerprint density at radius 1 is 1.35 bits per heavy atom. The standard InChI is InChI=1S/C16H28N4/c1-12(2)19-8-4-5-13(10-19)9-14-11-20-15(17)6-3-7-16(20)18-14/h11-13,15H,3-10,17H2,1-2H3. The third-order valence-electron chi connectivity index (χ3n) is 4.89. The highest BCUT2D eigenvalue weighted by Crippen LogP contribution is 2.25. The molecule has 0 aromatic carbocycles. The van der Waals surface area contributed by atoms with Crippen molar-refractivity contribution in [2.24, 2.45) is 11.7 Å². The smallest absolute Gasteiger partial charge is 0.110 e. The van der Waals surface area contributed by atoms with Gasteiger partial charge in [0.05, 0.1) is 11.9 Å². The minimum Gasteiger partial charge on any atom is -0.319 e. The fraction of sp³-hybridized carbons (Fsp3) is 0.812. The summed E-state index contributed by atoms with van der Waals surface area (Å²) in [5.74, 6) is 1.97. The molecule has 2 N–H and O–H groups in total. The van der Waals surface area contributed by atoms with Gasteiger partial charge in [-0.05, 0) is 58.4 Å². The van der Waals surface area contributed by atoms with E-state index in [9.17, 15) is 0 Å². The number of nitrogens with zero attached hydrogens (tertiary/aromatic N) is 3. The first-order valence-electron chi connectivity index (χ1n) is 8.19. The quantitative estimate of drug-likeness (QED) is 0.922. The van der Waals surface area contributed by atoms with Gasteiger partial charge in [-0.2, -0.15) is 0 Å². The molecular formula is C16H28N4. The van der Waals surface area contributed by atoms with E-state index in [-0.39, 0.29) is 6.17 Å². The highest BCUT2D eigenvalue weighted by Gasteiger charge is 2.24. The molecule has 0 radical (unpaired) electrons. The second-order valence-corrected chi connectivity index (χ2v) is 6.82. The molecule has 112 valence electrons. The molecular weight excluding hydrogens is 248 g/mol. The zero-order valence-electron chi connectivity index (χ0n) is 12.9. The van der Waals surface area contributed by atoms with Crippen LogP contribution in [0.15, 0.2) is 6.20 Å². The van der Waals surface area contributed by atoms with Gasteiger partial charge >= 0.3 is 0 Å². The molecule has 0 amide bonds. The summed E-state index contributed by atoms with van der Waals surface area (Å²) in [5.41, 5.74) is 7.43. The fourth-order valence-electron chi connectivity index (χ4n) is 3.69. The van der Waals surface area contributed by atoms with Crippen molar-refractivity contribution in [1.82, 2.24) is 14.5 Å². The highest BCUT2D eigenvalue weighted by atomic mass is 15.2. The molecule has 2 aliphatic rings. The normalized spacial score (nSPS) is 27.8. The van der Waals surface area contributed by atoms with Crippen molar-refractivity contribution in [2.75, 3.05) is 13.1 Å². The lowest BCUT2D eigenvalue weighted by molar-refractivity contribution is 0.139. The van der Waals surface area contributed by atoms with E-state index in [1.807, 2.05) is 0 Å². The van der Waals surface area contributed by atoms with Crippen LogP contribution < -0.4 is 5.73 Å². The Kier molecular flexibility index (Phi) is 4.13. The van der Waals surface area contributed by atoms with Crippen LogP contribution in [-0.4, -0.2) is 33.6 Å². The molecule has 1 fully saturated rings. The number of nitrogens with two attached hydrogens (primary N) is 1. The predicted octanol–water partition coefficient (Wildman–Crippen LogP) is 2.34. The van der Waals surface area contributed by atoms with E-state index in [0.29, 0.717) is 6.04 Å². The van der Waals surface area contributed by atoms with Crippen LogP contribution >= 0.6 is 0 Å². The zero-order valence-corrected chi connectivity index (χ0v) is 12.9. The number of hydrogen-bond acceptors (Lipinski definition) is 3. The summed E-state index contributed by atoms with van der Waals surface area (Å²) in [6.45, 7) is 7.10. The van der Waals surface area contributed by atoms with E-state index in [2.05, 4.69) is 29.5 Å². The van der Waals surface area contributed by atoms with Crippen LogP contribution in [0.2, 0.25) is 0 Å². The average Bonchev–Trinajstić information content (AvgIpc) is 2.83. The Morgan fingerprint density at radius 2 is 2.20 bits per heavy atom. The van der Waals surface area contributed by atoms with Crippen molar-refractivity contribution in [2.45, 2.75) is 64.6 Å². The molecule has 1 aromatic heterocycles. The first kappa shape index (κ1) is 14.1. The first-order valence-corrected chi connectivity index (χ1v) is 8.19. The molecule has 3 heterocycles. The van der Waals surface area contributed by atoms with Crippen LogP contribution in [0.3, 0.4) is 0 Å². The third kappa shape index (κ3) is 2.91. The maximum Gasteiger partial charge on any atom is 0.110 e. The van der Waals surface area contributed by atoms with E-state index >= 15 is 0 Å². The third-order valence-corrected chi connectivity index (χ3v) is 4.89. The van der Waals surface area contributed by atoms with Gasteiger partial charge in [0.15, 0.2) is 0 Å². The van der Waals surface area contributed by atoms with Crippen LogP contribution in [0, 0.1) is 5.92 Å². The van der Waals surface area contributed by atoms with E-state index in [0.717, 1.165) is 25.2 Å². The first-order chi connectivity index (χ1) is 9.63. The molecule has 20 heavy (non-hydrogen) atoms. The highest BCUT2D eigenvalue weighted by molar-refractivity contribution is 5.09. The molecule has 2 aliphatic heterocycles. The molecule has 0 saturated carbocycles. The van der Waals surface area contributed by atoms with Crippen molar-refractivity contribution in [3.8, 4) is 0 Å². The molecule has 2 unspecified atom stereocenters. The Hall–Kier alpha value is -0.870. The predicted molar refractivity (Wildman–Crippen MR) is 81.5 cm³/mol. The number of likely N-dealkylation sites (tertiary alicyclic amines) is 1.